The Hall–Kier alpha value is -2.86. The number of halogens is 3. The molecule has 3 aromatic rings. The Bertz CT molecular complexity index is 932. The summed E-state index contributed by atoms with van der Waals surface area (Å²) < 4.78 is 38.2. The number of hydrogen-bond donors (Lipinski definition) is 2. The summed E-state index contributed by atoms with van der Waals surface area (Å²) in [6.07, 6.45) is -5.49. The van der Waals surface area contributed by atoms with Gasteiger partial charge in [0.2, 0.25) is 0 Å². The van der Waals surface area contributed by atoms with Crippen LogP contribution in [0.25, 0.3) is 10.8 Å². The van der Waals surface area contributed by atoms with Crippen LogP contribution >= 0.6 is 0 Å². The van der Waals surface area contributed by atoms with Gasteiger partial charge in [0.05, 0.1) is 11.7 Å². The Balaban J connectivity index is 1.73. The fraction of sp³-hybridized carbons (Fsp3) is 0.150. The van der Waals surface area contributed by atoms with E-state index in [-0.39, 0.29) is 12.1 Å². The van der Waals surface area contributed by atoms with Crippen LogP contribution in [0, 0.1) is 0 Å². The largest absolute Gasteiger partial charge is 0.416 e. The SMILES string of the molecule is O=C(NCC(O)c1cccc2ccccc12)c1cccc(C(F)(F)F)c1. The summed E-state index contributed by atoms with van der Waals surface area (Å²) in [4.78, 5) is 12.1. The van der Waals surface area contributed by atoms with Gasteiger partial charge >= 0.3 is 6.18 Å². The molecule has 0 aromatic heterocycles. The summed E-state index contributed by atoms with van der Waals surface area (Å²) in [7, 11) is 0. The first-order chi connectivity index (χ1) is 12.4. The number of rotatable bonds is 4. The molecule has 1 amide bonds. The third-order valence-corrected chi connectivity index (χ3v) is 4.09. The van der Waals surface area contributed by atoms with Crippen molar-refractivity contribution in [3.05, 3.63) is 83.4 Å². The van der Waals surface area contributed by atoms with Crippen LogP contribution in [0.3, 0.4) is 0 Å². The van der Waals surface area contributed by atoms with Crippen LogP contribution in [0.15, 0.2) is 66.7 Å². The molecule has 1 atom stereocenters. The molecule has 3 aromatic carbocycles. The van der Waals surface area contributed by atoms with Crippen molar-refractivity contribution in [1.82, 2.24) is 5.32 Å². The average Bonchev–Trinajstić information content (AvgIpc) is 2.64. The van der Waals surface area contributed by atoms with Gasteiger partial charge in [-0.05, 0) is 34.5 Å². The van der Waals surface area contributed by atoms with Gasteiger partial charge in [0, 0.05) is 12.1 Å². The summed E-state index contributed by atoms with van der Waals surface area (Å²) in [5.41, 5.74) is -0.350. The second-order valence-corrected chi connectivity index (χ2v) is 5.87. The Labute approximate surface area is 148 Å². The van der Waals surface area contributed by atoms with E-state index < -0.39 is 23.8 Å². The highest BCUT2D eigenvalue weighted by Gasteiger charge is 2.30. The number of alkyl halides is 3. The van der Waals surface area contributed by atoms with Crippen molar-refractivity contribution in [2.24, 2.45) is 0 Å². The van der Waals surface area contributed by atoms with E-state index in [4.69, 9.17) is 0 Å². The van der Waals surface area contributed by atoms with E-state index >= 15 is 0 Å². The molecule has 0 heterocycles. The van der Waals surface area contributed by atoms with Crippen LogP contribution in [0.2, 0.25) is 0 Å². The Kier molecular flexibility index (Phi) is 4.95. The molecule has 0 saturated heterocycles. The van der Waals surface area contributed by atoms with Gasteiger partial charge in [-0.15, -0.1) is 0 Å². The molecular formula is C20H16F3NO2. The molecular weight excluding hydrogens is 343 g/mol. The quantitative estimate of drug-likeness (QED) is 0.729. The summed E-state index contributed by atoms with van der Waals surface area (Å²) in [6.45, 7) is -0.108. The topological polar surface area (TPSA) is 49.3 Å². The van der Waals surface area contributed by atoms with Crippen molar-refractivity contribution in [1.29, 1.82) is 0 Å². The molecule has 0 fully saturated rings. The van der Waals surface area contributed by atoms with Crippen LogP contribution < -0.4 is 5.32 Å². The zero-order valence-electron chi connectivity index (χ0n) is 13.6. The van der Waals surface area contributed by atoms with E-state index in [0.717, 1.165) is 22.9 Å². The Morgan fingerprint density at radius 3 is 2.46 bits per heavy atom. The van der Waals surface area contributed by atoms with Crippen molar-refractivity contribution < 1.29 is 23.1 Å². The van der Waals surface area contributed by atoms with Crippen molar-refractivity contribution in [2.75, 3.05) is 6.54 Å². The number of aliphatic hydroxyl groups excluding tert-OH is 1. The molecule has 0 aliphatic heterocycles. The van der Waals surface area contributed by atoms with Gasteiger partial charge in [0.1, 0.15) is 0 Å². The molecule has 0 saturated carbocycles. The second kappa shape index (κ2) is 7.17. The number of carbonyl (C=O) groups is 1. The summed E-state index contributed by atoms with van der Waals surface area (Å²) in [6, 6.07) is 17.1. The first kappa shape index (κ1) is 17.9. The normalized spacial score (nSPS) is 12.8. The second-order valence-electron chi connectivity index (χ2n) is 5.87. The van der Waals surface area contributed by atoms with Gasteiger partial charge in [-0.2, -0.15) is 13.2 Å². The summed E-state index contributed by atoms with van der Waals surface area (Å²) in [5.74, 6) is -0.671. The number of nitrogens with one attached hydrogen (secondary N) is 1. The number of benzene rings is 3. The zero-order chi connectivity index (χ0) is 18.7. The smallest absolute Gasteiger partial charge is 0.387 e. The molecule has 134 valence electrons. The number of carbonyl (C=O) groups excluding carboxylic acids is 1. The molecule has 1 unspecified atom stereocenters. The molecule has 0 aliphatic carbocycles. The van der Waals surface area contributed by atoms with Gasteiger partial charge in [-0.1, -0.05) is 48.5 Å². The van der Waals surface area contributed by atoms with Crippen molar-refractivity contribution >= 4 is 16.7 Å². The molecule has 2 N–H and O–H groups in total. The van der Waals surface area contributed by atoms with E-state index in [1.165, 1.54) is 12.1 Å². The molecule has 3 nitrogen and oxygen atoms in total. The standard InChI is InChI=1S/C20H16F3NO2/c21-20(22,23)15-8-3-7-14(11-15)19(26)24-12-18(25)17-10-4-6-13-5-1-2-9-16(13)17/h1-11,18,25H,12H2,(H,24,26). The van der Waals surface area contributed by atoms with Crippen LogP contribution in [0.4, 0.5) is 13.2 Å². The number of amides is 1. The minimum absolute atomic E-state index is 0.107. The monoisotopic (exact) mass is 359 g/mol. The highest BCUT2D eigenvalue weighted by Crippen LogP contribution is 2.29. The summed E-state index contributed by atoms with van der Waals surface area (Å²) >= 11 is 0. The van der Waals surface area contributed by atoms with Gasteiger partial charge in [-0.3, -0.25) is 4.79 Å². The highest BCUT2D eigenvalue weighted by molar-refractivity contribution is 5.94. The minimum Gasteiger partial charge on any atom is -0.387 e. The van der Waals surface area contributed by atoms with Gasteiger partial charge in [-0.25, -0.2) is 0 Å². The maximum atomic E-state index is 12.7. The molecule has 0 spiro atoms. The molecule has 0 aliphatic rings. The number of aliphatic hydroxyl groups is 1. The third-order valence-electron chi connectivity index (χ3n) is 4.09. The number of hydrogen-bond acceptors (Lipinski definition) is 2. The van der Waals surface area contributed by atoms with Crippen LogP contribution in [0.1, 0.15) is 27.6 Å². The fourth-order valence-electron chi connectivity index (χ4n) is 2.78. The van der Waals surface area contributed by atoms with Crippen molar-refractivity contribution in [2.45, 2.75) is 12.3 Å². The minimum atomic E-state index is -4.52. The fourth-order valence-corrected chi connectivity index (χ4v) is 2.78. The van der Waals surface area contributed by atoms with E-state index in [0.29, 0.717) is 5.56 Å². The molecule has 6 heteroatoms. The molecule has 0 bridgehead atoms. The first-order valence-electron chi connectivity index (χ1n) is 7.97. The predicted octanol–water partition coefficient (Wildman–Crippen LogP) is 4.32. The first-order valence-corrected chi connectivity index (χ1v) is 7.97. The number of fused-ring (bicyclic) bond motifs is 1. The van der Waals surface area contributed by atoms with E-state index in [9.17, 15) is 23.1 Å². The predicted molar refractivity (Wildman–Crippen MR) is 92.7 cm³/mol. The maximum absolute atomic E-state index is 12.7. The van der Waals surface area contributed by atoms with Gasteiger partial charge in [0.15, 0.2) is 0 Å². The molecule has 0 radical (unpaired) electrons. The van der Waals surface area contributed by atoms with Crippen LogP contribution in [-0.2, 0) is 6.18 Å². The van der Waals surface area contributed by atoms with E-state index in [1.54, 1.807) is 12.1 Å². The average molecular weight is 359 g/mol. The van der Waals surface area contributed by atoms with Gasteiger partial charge < -0.3 is 10.4 Å². The van der Waals surface area contributed by atoms with Crippen molar-refractivity contribution in [3.8, 4) is 0 Å². The Morgan fingerprint density at radius 1 is 1.00 bits per heavy atom. The lowest BCUT2D eigenvalue weighted by Crippen LogP contribution is -2.28. The lowest BCUT2D eigenvalue weighted by Gasteiger charge is -2.15. The zero-order valence-corrected chi connectivity index (χ0v) is 13.6. The van der Waals surface area contributed by atoms with Gasteiger partial charge in [0.25, 0.3) is 5.91 Å². The highest BCUT2D eigenvalue weighted by atomic mass is 19.4. The van der Waals surface area contributed by atoms with Crippen LogP contribution in [-0.4, -0.2) is 17.6 Å². The van der Waals surface area contributed by atoms with E-state index in [2.05, 4.69) is 5.32 Å². The lowest BCUT2D eigenvalue weighted by atomic mass is 10.0. The van der Waals surface area contributed by atoms with E-state index in [1.807, 2.05) is 30.3 Å². The third kappa shape index (κ3) is 3.86. The summed E-state index contributed by atoms with van der Waals surface area (Å²) in [5, 5.41) is 14.7. The van der Waals surface area contributed by atoms with Crippen LogP contribution in [0.5, 0.6) is 0 Å². The Morgan fingerprint density at radius 2 is 1.69 bits per heavy atom. The maximum Gasteiger partial charge on any atom is 0.416 e. The van der Waals surface area contributed by atoms with Crippen molar-refractivity contribution in [3.63, 3.8) is 0 Å². The molecule has 3 rings (SSSR count). The molecule has 26 heavy (non-hydrogen) atoms. The lowest BCUT2D eigenvalue weighted by molar-refractivity contribution is -0.137.